The number of fused-ring (bicyclic) bond motifs is 1. The van der Waals surface area contributed by atoms with Crippen molar-refractivity contribution < 1.29 is 23.1 Å². The summed E-state index contributed by atoms with van der Waals surface area (Å²) in [6, 6.07) is 13.9. The maximum Gasteiger partial charge on any atom is 0.387 e. The van der Waals surface area contributed by atoms with Gasteiger partial charge in [0.05, 0.1) is 22.5 Å². The van der Waals surface area contributed by atoms with E-state index in [9.17, 15) is 18.4 Å². The highest BCUT2D eigenvalue weighted by molar-refractivity contribution is 5.97. The molecule has 2 fully saturated rings. The number of ether oxygens (including phenoxy) is 1. The molecule has 0 bridgehead atoms. The molecule has 0 aliphatic carbocycles. The summed E-state index contributed by atoms with van der Waals surface area (Å²) in [6.45, 7) is 0.405. The van der Waals surface area contributed by atoms with E-state index < -0.39 is 12.5 Å². The topological polar surface area (TPSA) is 81.8 Å². The van der Waals surface area contributed by atoms with E-state index in [1.54, 1.807) is 17.0 Å². The summed E-state index contributed by atoms with van der Waals surface area (Å²) < 4.78 is 30.1. The number of aromatic nitrogens is 2. The van der Waals surface area contributed by atoms with Crippen LogP contribution in [0, 0.1) is 5.92 Å². The monoisotopic (exact) mass is 497 g/mol. The minimum atomic E-state index is -3.02. The lowest BCUT2D eigenvalue weighted by Crippen LogP contribution is -2.47. The van der Waals surface area contributed by atoms with E-state index in [2.05, 4.69) is 19.6 Å². The van der Waals surface area contributed by atoms with Crippen LogP contribution in [-0.2, 0) is 4.79 Å². The summed E-state index contributed by atoms with van der Waals surface area (Å²) in [6.07, 6.45) is 2.19. The van der Waals surface area contributed by atoms with E-state index in [4.69, 9.17) is 0 Å². The molecule has 0 saturated carbocycles. The largest absolute Gasteiger partial charge is 0.434 e. The summed E-state index contributed by atoms with van der Waals surface area (Å²) in [5.74, 6) is -0.0101. The van der Waals surface area contributed by atoms with Gasteiger partial charge in [0.25, 0.3) is 5.91 Å². The van der Waals surface area contributed by atoms with E-state index in [1.807, 2.05) is 29.2 Å². The average Bonchev–Trinajstić information content (AvgIpc) is 3.17. The number of carbonyl (C=O) groups excluding carboxylic acids is 2. The Kier molecular flexibility index (Phi) is 7.02. The van der Waals surface area contributed by atoms with Crippen LogP contribution in [-0.4, -0.2) is 77.5 Å². The standard InChI is InChI=1S/C26H29F2N5O3/c27-25(28)36-22-11-4-1-8-19(22)24(35)33-12-5-7-18(17-33)23(34)31-13-6-14-32(16-15-31)26-29-20-9-2-3-10-21(20)30-26/h1-4,8-11,18,25H,5-7,12-17H2,(H,29,30). The fourth-order valence-corrected chi connectivity index (χ4v) is 5.07. The Bertz CT molecular complexity index is 1200. The number of anilines is 1. The van der Waals surface area contributed by atoms with Gasteiger partial charge in [-0.25, -0.2) is 4.98 Å². The molecule has 5 rings (SSSR count). The first-order chi connectivity index (χ1) is 17.5. The summed E-state index contributed by atoms with van der Waals surface area (Å²) in [7, 11) is 0. The Hall–Kier alpha value is -3.69. The third-order valence-electron chi connectivity index (χ3n) is 6.88. The number of likely N-dealkylation sites (tertiary alicyclic amines) is 1. The fraction of sp³-hybridized carbons (Fsp3) is 0.423. The third-order valence-corrected chi connectivity index (χ3v) is 6.88. The molecule has 190 valence electrons. The van der Waals surface area contributed by atoms with Crippen LogP contribution < -0.4 is 9.64 Å². The van der Waals surface area contributed by atoms with Crippen LogP contribution in [0.3, 0.4) is 0 Å². The number of imidazole rings is 1. The number of benzene rings is 2. The quantitative estimate of drug-likeness (QED) is 0.581. The Labute approximate surface area is 207 Å². The molecule has 0 spiro atoms. The molecule has 3 aromatic rings. The second-order valence-corrected chi connectivity index (χ2v) is 9.21. The first kappa shape index (κ1) is 24.0. The zero-order chi connectivity index (χ0) is 25.1. The summed E-state index contributed by atoms with van der Waals surface area (Å²) in [5, 5.41) is 0. The predicted molar refractivity (Wildman–Crippen MR) is 131 cm³/mol. The second-order valence-electron chi connectivity index (χ2n) is 9.21. The molecule has 2 aromatic carbocycles. The van der Waals surface area contributed by atoms with Crippen LogP contribution >= 0.6 is 0 Å². The molecule has 2 aliphatic rings. The second kappa shape index (κ2) is 10.5. The number of alkyl halides is 2. The van der Waals surface area contributed by atoms with Crippen molar-refractivity contribution in [1.29, 1.82) is 0 Å². The summed E-state index contributed by atoms with van der Waals surface area (Å²) in [5.41, 5.74) is 1.98. The lowest BCUT2D eigenvalue weighted by molar-refractivity contribution is -0.136. The van der Waals surface area contributed by atoms with Crippen molar-refractivity contribution in [3.8, 4) is 5.75 Å². The van der Waals surface area contributed by atoms with Crippen molar-refractivity contribution in [2.24, 2.45) is 5.92 Å². The number of rotatable bonds is 5. The van der Waals surface area contributed by atoms with Crippen molar-refractivity contribution in [1.82, 2.24) is 19.8 Å². The fourth-order valence-electron chi connectivity index (χ4n) is 5.07. The van der Waals surface area contributed by atoms with Crippen LogP contribution in [0.25, 0.3) is 11.0 Å². The molecule has 1 aromatic heterocycles. The van der Waals surface area contributed by atoms with Gasteiger partial charge >= 0.3 is 6.61 Å². The van der Waals surface area contributed by atoms with E-state index in [1.165, 1.54) is 12.1 Å². The van der Waals surface area contributed by atoms with Gasteiger partial charge in [-0.15, -0.1) is 0 Å². The SMILES string of the molecule is O=C(c1ccccc1OC(F)F)N1CCCC(C(=O)N2CCCN(c3nc4ccccc4[nH]3)CC2)C1. The predicted octanol–water partition coefficient (Wildman–Crippen LogP) is 3.76. The molecule has 3 heterocycles. The van der Waals surface area contributed by atoms with Crippen molar-refractivity contribution in [3.05, 3.63) is 54.1 Å². The van der Waals surface area contributed by atoms with Gasteiger partial charge in [0.15, 0.2) is 0 Å². The molecule has 2 saturated heterocycles. The number of nitrogens with zero attached hydrogens (tertiary/aromatic N) is 4. The number of para-hydroxylation sites is 3. The third kappa shape index (κ3) is 5.12. The smallest absolute Gasteiger partial charge is 0.387 e. The average molecular weight is 498 g/mol. The molecule has 10 heteroatoms. The number of nitrogens with one attached hydrogen (secondary N) is 1. The number of carbonyl (C=O) groups is 2. The Morgan fingerprint density at radius 3 is 2.56 bits per heavy atom. The number of amides is 2. The minimum absolute atomic E-state index is 0.0380. The highest BCUT2D eigenvalue weighted by Gasteiger charge is 2.33. The Balaban J connectivity index is 1.22. The van der Waals surface area contributed by atoms with Gasteiger partial charge in [0.2, 0.25) is 11.9 Å². The van der Waals surface area contributed by atoms with Gasteiger partial charge in [-0.1, -0.05) is 24.3 Å². The van der Waals surface area contributed by atoms with Gasteiger partial charge in [-0.3, -0.25) is 9.59 Å². The highest BCUT2D eigenvalue weighted by atomic mass is 19.3. The summed E-state index contributed by atoms with van der Waals surface area (Å²) >= 11 is 0. The molecule has 8 nitrogen and oxygen atoms in total. The van der Waals surface area contributed by atoms with Crippen LogP contribution in [0.4, 0.5) is 14.7 Å². The molecule has 2 aliphatic heterocycles. The maximum absolute atomic E-state index is 13.4. The van der Waals surface area contributed by atoms with Gasteiger partial charge in [0.1, 0.15) is 5.75 Å². The van der Waals surface area contributed by atoms with Crippen LogP contribution in [0.15, 0.2) is 48.5 Å². The number of aromatic amines is 1. The number of H-pyrrole nitrogens is 1. The molecule has 1 unspecified atom stereocenters. The van der Waals surface area contributed by atoms with Crippen LogP contribution in [0.5, 0.6) is 5.75 Å². The summed E-state index contributed by atoms with van der Waals surface area (Å²) in [4.78, 5) is 40.2. The van der Waals surface area contributed by atoms with Crippen molar-refractivity contribution in [2.45, 2.75) is 25.9 Å². The van der Waals surface area contributed by atoms with E-state index in [-0.39, 0.29) is 29.7 Å². The zero-order valence-electron chi connectivity index (χ0n) is 19.9. The van der Waals surface area contributed by atoms with Crippen LogP contribution in [0.2, 0.25) is 0 Å². The molecule has 1 N–H and O–H groups in total. The van der Waals surface area contributed by atoms with E-state index in [0.29, 0.717) is 39.0 Å². The van der Waals surface area contributed by atoms with Crippen molar-refractivity contribution in [3.63, 3.8) is 0 Å². The van der Waals surface area contributed by atoms with Crippen LogP contribution in [0.1, 0.15) is 29.6 Å². The Morgan fingerprint density at radius 2 is 1.72 bits per heavy atom. The van der Waals surface area contributed by atoms with Gasteiger partial charge in [0, 0.05) is 39.3 Å². The lowest BCUT2D eigenvalue weighted by Gasteiger charge is -2.35. The molecule has 36 heavy (non-hydrogen) atoms. The number of piperidine rings is 1. The number of hydrogen-bond acceptors (Lipinski definition) is 5. The molecular weight excluding hydrogens is 468 g/mol. The van der Waals surface area contributed by atoms with E-state index in [0.717, 1.165) is 29.9 Å². The molecule has 1 atom stereocenters. The minimum Gasteiger partial charge on any atom is -0.434 e. The first-order valence-electron chi connectivity index (χ1n) is 12.3. The Morgan fingerprint density at radius 1 is 0.944 bits per heavy atom. The normalized spacial score (nSPS) is 19.0. The molecule has 0 radical (unpaired) electrons. The number of hydrogen-bond donors (Lipinski definition) is 1. The zero-order valence-corrected chi connectivity index (χ0v) is 19.9. The van der Waals surface area contributed by atoms with Crippen molar-refractivity contribution >= 4 is 28.8 Å². The number of halogens is 2. The molecule has 2 amide bonds. The van der Waals surface area contributed by atoms with Gasteiger partial charge in [-0.2, -0.15) is 8.78 Å². The highest BCUT2D eigenvalue weighted by Crippen LogP contribution is 2.26. The molecular formula is C26H29F2N5O3. The lowest BCUT2D eigenvalue weighted by atomic mass is 9.95. The van der Waals surface area contributed by atoms with Crippen molar-refractivity contribution in [2.75, 3.05) is 44.2 Å². The maximum atomic E-state index is 13.4. The van der Waals surface area contributed by atoms with E-state index >= 15 is 0 Å². The van der Waals surface area contributed by atoms with Gasteiger partial charge in [-0.05, 0) is 43.5 Å². The van der Waals surface area contributed by atoms with Gasteiger partial charge < -0.3 is 24.4 Å². The first-order valence-corrected chi connectivity index (χ1v) is 12.3.